The number of carboxylic acid groups (broad SMARTS) is 1. The van der Waals surface area contributed by atoms with Gasteiger partial charge in [-0.15, -0.1) is 0 Å². The first-order chi connectivity index (χ1) is 8.69. The highest BCUT2D eigenvalue weighted by molar-refractivity contribution is 5.69. The number of hydrogen-bond acceptors (Lipinski definition) is 4. The van der Waals surface area contributed by atoms with Crippen LogP contribution >= 0.6 is 0 Å². The Morgan fingerprint density at radius 1 is 1.47 bits per heavy atom. The predicted molar refractivity (Wildman–Crippen MR) is 69.0 cm³/mol. The van der Waals surface area contributed by atoms with Gasteiger partial charge < -0.3 is 19.5 Å². The van der Waals surface area contributed by atoms with Gasteiger partial charge in [0.25, 0.3) is 0 Å². The van der Waals surface area contributed by atoms with E-state index in [1.54, 1.807) is 11.8 Å². The molecular weight excluding hydrogens is 250 g/mol. The van der Waals surface area contributed by atoms with Gasteiger partial charge in [-0.2, -0.15) is 0 Å². The summed E-state index contributed by atoms with van der Waals surface area (Å²) >= 11 is 0. The van der Waals surface area contributed by atoms with E-state index in [1.807, 2.05) is 20.8 Å². The third-order valence-electron chi connectivity index (χ3n) is 2.83. The Hall–Kier alpha value is -1.30. The number of morpholine rings is 1. The van der Waals surface area contributed by atoms with Gasteiger partial charge in [0, 0.05) is 6.54 Å². The van der Waals surface area contributed by atoms with E-state index in [1.165, 1.54) is 0 Å². The minimum absolute atomic E-state index is 0.243. The second-order valence-corrected chi connectivity index (χ2v) is 5.89. The molecule has 0 aromatic rings. The van der Waals surface area contributed by atoms with Crippen LogP contribution in [0.5, 0.6) is 0 Å². The van der Waals surface area contributed by atoms with Crippen LogP contribution in [0.1, 0.15) is 34.1 Å². The van der Waals surface area contributed by atoms with Gasteiger partial charge in [-0.05, 0) is 27.2 Å². The highest BCUT2D eigenvalue weighted by Crippen LogP contribution is 2.17. The third-order valence-corrected chi connectivity index (χ3v) is 2.83. The largest absolute Gasteiger partial charge is 0.481 e. The van der Waals surface area contributed by atoms with Crippen LogP contribution in [0, 0.1) is 5.92 Å². The molecule has 0 aliphatic carbocycles. The summed E-state index contributed by atoms with van der Waals surface area (Å²) in [5.41, 5.74) is -0.529. The van der Waals surface area contributed by atoms with Crippen molar-refractivity contribution in [3.63, 3.8) is 0 Å². The fraction of sp³-hybridized carbons (Fsp3) is 0.846. The van der Waals surface area contributed by atoms with Gasteiger partial charge in [0.1, 0.15) is 5.60 Å². The lowest BCUT2D eigenvalue weighted by Crippen LogP contribution is -2.48. The zero-order valence-electron chi connectivity index (χ0n) is 12.0. The molecular formula is C13H23NO5. The molecule has 110 valence electrons. The lowest BCUT2D eigenvalue weighted by Gasteiger charge is -2.34. The maximum Gasteiger partial charge on any atom is 0.410 e. The first kappa shape index (κ1) is 15.8. The van der Waals surface area contributed by atoms with Crippen LogP contribution in [-0.4, -0.2) is 53.5 Å². The molecule has 0 aromatic carbocycles. The zero-order chi connectivity index (χ0) is 14.6. The molecule has 6 nitrogen and oxygen atoms in total. The molecule has 0 aromatic heterocycles. The molecule has 0 bridgehead atoms. The van der Waals surface area contributed by atoms with Crippen molar-refractivity contribution in [1.82, 2.24) is 4.90 Å². The SMILES string of the molecule is CC(CC1CN(C(=O)OC(C)(C)C)CCO1)C(=O)O. The summed E-state index contributed by atoms with van der Waals surface area (Å²) in [6.45, 7) is 8.35. The van der Waals surface area contributed by atoms with Crippen molar-refractivity contribution in [3.8, 4) is 0 Å². The molecule has 2 unspecified atom stereocenters. The molecule has 1 aliphatic rings. The highest BCUT2D eigenvalue weighted by Gasteiger charge is 2.29. The van der Waals surface area contributed by atoms with Crippen LogP contribution in [0.3, 0.4) is 0 Å². The summed E-state index contributed by atoms with van der Waals surface area (Å²) in [7, 11) is 0. The van der Waals surface area contributed by atoms with E-state index in [2.05, 4.69) is 0 Å². The van der Waals surface area contributed by atoms with Crippen LogP contribution in [0.25, 0.3) is 0 Å². The molecule has 1 amide bonds. The molecule has 0 saturated carbocycles. The van der Waals surface area contributed by atoms with Gasteiger partial charge >= 0.3 is 12.1 Å². The summed E-state index contributed by atoms with van der Waals surface area (Å²) in [4.78, 5) is 24.3. The number of amides is 1. The van der Waals surface area contributed by atoms with Gasteiger partial charge in [0.2, 0.25) is 0 Å². The van der Waals surface area contributed by atoms with Gasteiger partial charge in [0.15, 0.2) is 0 Å². The maximum absolute atomic E-state index is 11.9. The van der Waals surface area contributed by atoms with Gasteiger partial charge in [0.05, 0.1) is 25.2 Å². The van der Waals surface area contributed by atoms with Crippen LogP contribution in [-0.2, 0) is 14.3 Å². The number of carbonyl (C=O) groups excluding carboxylic acids is 1. The van der Waals surface area contributed by atoms with E-state index in [0.717, 1.165) is 0 Å². The standard InChI is InChI=1S/C13H23NO5/c1-9(11(15)16)7-10-8-14(5-6-18-10)12(17)19-13(2,3)4/h9-10H,5-8H2,1-4H3,(H,15,16). The van der Waals surface area contributed by atoms with Crippen LogP contribution < -0.4 is 0 Å². The Labute approximate surface area is 113 Å². The second kappa shape index (κ2) is 6.23. The summed E-state index contributed by atoms with van der Waals surface area (Å²) in [5, 5.41) is 8.88. The molecule has 1 heterocycles. The van der Waals surface area contributed by atoms with E-state index in [-0.39, 0.29) is 12.2 Å². The predicted octanol–water partition coefficient (Wildman–Crippen LogP) is 1.73. The number of nitrogens with zero attached hydrogens (tertiary/aromatic N) is 1. The van der Waals surface area contributed by atoms with Crippen LogP contribution in [0.15, 0.2) is 0 Å². The van der Waals surface area contributed by atoms with Crippen LogP contribution in [0.4, 0.5) is 4.79 Å². The van der Waals surface area contributed by atoms with E-state index >= 15 is 0 Å². The Bertz CT molecular complexity index is 336. The van der Waals surface area contributed by atoms with E-state index in [9.17, 15) is 9.59 Å². The Morgan fingerprint density at radius 2 is 2.11 bits per heavy atom. The number of rotatable bonds is 3. The first-order valence-electron chi connectivity index (χ1n) is 6.51. The van der Waals surface area contributed by atoms with Crippen molar-refractivity contribution in [3.05, 3.63) is 0 Å². The van der Waals surface area contributed by atoms with Crippen molar-refractivity contribution in [2.24, 2.45) is 5.92 Å². The topological polar surface area (TPSA) is 76.1 Å². The first-order valence-corrected chi connectivity index (χ1v) is 6.51. The van der Waals surface area contributed by atoms with E-state index in [4.69, 9.17) is 14.6 Å². The van der Waals surface area contributed by atoms with Crippen molar-refractivity contribution >= 4 is 12.1 Å². The number of carbonyl (C=O) groups is 2. The second-order valence-electron chi connectivity index (χ2n) is 5.89. The molecule has 19 heavy (non-hydrogen) atoms. The molecule has 0 spiro atoms. The number of hydrogen-bond donors (Lipinski definition) is 1. The highest BCUT2D eigenvalue weighted by atomic mass is 16.6. The lowest BCUT2D eigenvalue weighted by molar-refractivity contribution is -0.143. The van der Waals surface area contributed by atoms with Gasteiger partial charge in [-0.1, -0.05) is 6.92 Å². The monoisotopic (exact) mass is 273 g/mol. The average molecular weight is 273 g/mol. The minimum Gasteiger partial charge on any atom is -0.481 e. The molecule has 1 saturated heterocycles. The van der Waals surface area contributed by atoms with E-state index < -0.39 is 17.5 Å². The number of ether oxygens (including phenoxy) is 2. The molecule has 2 atom stereocenters. The fourth-order valence-corrected chi connectivity index (χ4v) is 1.85. The van der Waals surface area contributed by atoms with Crippen molar-refractivity contribution in [2.75, 3.05) is 19.7 Å². The Morgan fingerprint density at radius 3 is 2.63 bits per heavy atom. The molecule has 1 fully saturated rings. The number of aliphatic carboxylic acids is 1. The number of carboxylic acids is 1. The van der Waals surface area contributed by atoms with E-state index in [0.29, 0.717) is 26.1 Å². The summed E-state index contributed by atoms with van der Waals surface area (Å²) in [5.74, 6) is -1.33. The molecule has 0 radical (unpaired) electrons. The molecule has 1 aliphatic heterocycles. The quantitative estimate of drug-likeness (QED) is 0.847. The van der Waals surface area contributed by atoms with Gasteiger partial charge in [-0.3, -0.25) is 4.79 Å². The zero-order valence-corrected chi connectivity index (χ0v) is 12.0. The normalized spacial score (nSPS) is 21.9. The van der Waals surface area contributed by atoms with Crippen molar-refractivity contribution in [2.45, 2.75) is 45.8 Å². The summed E-state index contributed by atoms with van der Waals surface area (Å²) < 4.78 is 10.8. The third kappa shape index (κ3) is 5.46. The molecule has 1 N–H and O–H groups in total. The average Bonchev–Trinajstić information content (AvgIpc) is 2.27. The fourth-order valence-electron chi connectivity index (χ4n) is 1.85. The minimum atomic E-state index is -0.849. The summed E-state index contributed by atoms with van der Waals surface area (Å²) in [6.07, 6.45) is -0.217. The van der Waals surface area contributed by atoms with Crippen molar-refractivity contribution < 1.29 is 24.2 Å². The summed E-state index contributed by atoms with van der Waals surface area (Å²) in [6, 6.07) is 0. The maximum atomic E-state index is 11.9. The molecule has 1 rings (SSSR count). The Balaban J connectivity index is 2.50. The van der Waals surface area contributed by atoms with Crippen molar-refractivity contribution in [1.29, 1.82) is 0 Å². The Kier molecular flexibility index (Phi) is 5.17. The smallest absolute Gasteiger partial charge is 0.410 e. The molecule has 6 heteroatoms. The van der Waals surface area contributed by atoms with Crippen LogP contribution in [0.2, 0.25) is 0 Å². The van der Waals surface area contributed by atoms with Gasteiger partial charge in [-0.25, -0.2) is 4.79 Å². The lowest BCUT2D eigenvalue weighted by atomic mass is 10.0.